The molecule has 6 heteroatoms. The van der Waals surface area contributed by atoms with Gasteiger partial charge in [-0.05, 0) is 42.8 Å². The number of anilines is 2. The van der Waals surface area contributed by atoms with Crippen LogP contribution in [-0.4, -0.2) is 10.9 Å². The number of amides is 1. The van der Waals surface area contributed by atoms with Gasteiger partial charge in [-0.2, -0.15) is 0 Å². The molecule has 0 bridgehead atoms. The molecule has 0 radical (unpaired) electrons. The number of aromatic nitrogens is 1. The molecule has 19 heavy (non-hydrogen) atoms. The Kier molecular flexibility index (Phi) is 3.72. The van der Waals surface area contributed by atoms with E-state index in [0.29, 0.717) is 22.6 Å². The first-order valence-electron chi connectivity index (χ1n) is 5.60. The number of benzene rings is 1. The second kappa shape index (κ2) is 5.45. The van der Waals surface area contributed by atoms with E-state index in [-0.39, 0.29) is 11.7 Å². The topological polar surface area (TPSA) is 80.0 Å². The van der Waals surface area contributed by atoms with E-state index in [2.05, 4.69) is 15.7 Å². The van der Waals surface area contributed by atoms with Crippen LogP contribution in [-0.2, 0) is 0 Å². The largest absolute Gasteiger partial charge is 0.322 e. The zero-order valence-corrected chi connectivity index (χ0v) is 10.3. The van der Waals surface area contributed by atoms with Crippen LogP contribution < -0.4 is 16.6 Å². The number of hydrogen-bond acceptors (Lipinski definition) is 4. The summed E-state index contributed by atoms with van der Waals surface area (Å²) in [6, 6.07) is 7.56. The number of carbonyl (C=O) groups excluding carboxylic acids is 1. The molecule has 1 heterocycles. The van der Waals surface area contributed by atoms with Crippen LogP contribution in [0.1, 0.15) is 15.9 Å². The molecule has 0 saturated heterocycles. The summed E-state index contributed by atoms with van der Waals surface area (Å²) in [6.07, 6.45) is 1.40. The number of halogens is 1. The molecule has 98 valence electrons. The predicted octanol–water partition coefficient (Wildman–Crippen LogP) is 2.07. The molecular formula is C13H13FN4O. The van der Waals surface area contributed by atoms with Crippen molar-refractivity contribution in [3.05, 3.63) is 53.5 Å². The third-order valence-electron chi connectivity index (χ3n) is 2.59. The molecule has 0 fully saturated rings. The molecule has 0 spiro atoms. The lowest BCUT2D eigenvalue weighted by Gasteiger charge is -2.07. The molecule has 2 aromatic rings. The van der Waals surface area contributed by atoms with Crippen molar-refractivity contribution >= 4 is 17.4 Å². The van der Waals surface area contributed by atoms with Gasteiger partial charge < -0.3 is 10.7 Å². The van der Waals surface area contributed by atoms with Crippen molar-refractivity contribution < 1.29 is 9.18 Å². The van der Waals surface area contributed by atoms with Crippen molar-refractivity contribution in [1.29, 1.82) is 0 Å². The molecule has 1 aromatic carbocycles. The number of nitrogens with one attached hydrogen (secondary N) is 2. The maximum atomic E-state index is 13.1. The smallest absolute Gasteiger partial charge is 0.257 e. The average molecular weight is 260 g/mol. The van der Waals surface area contributed by atoms with Crippen molar-refractivity contribution in [3.63, 3.8) is 0 Å². The first-order chi connectivity index (χ1) is 9.10. The molecule has 0 saturated carbocycles. The third-order valence-corrected chi connectivity index (χ3v) is 2.59. The highest BCUT2D eigenvalue weighted by Gasteiger charge is 2.07. The van der Waals surface area contributed by atoms with Gasteiger partial charge in [-0.15, -0.1) is 0 Å². The summed E-state index contributed by atoms with van der Waals surface area (Å²) < 4.78 is 13.1. The highest BCUT2D eigenvalue weighted by molar-refractivity contribution is 6.04. The van der Waals surface area contributed by atoms with Crippen molar-refractivity contribution in [2.24, 2.45) is 5.84 Å². The number of rotatable bonds is 3. The zero-order chi connectivity index (χ0) is 13.8. The van der Waals surface area contributed by atoms with Crippen molar-refractivity contribution in [3.8, 4) is 0 Å². The highest BCUT2D eigenvalue weighted by atomic mass is 19.1. The lowest BCUT2D eigenvalue weighted by atomic mass is 10.2. The number of hydrazine groups is 1. The Balaban J connectivity index is 2.13. The Morgan fingerprint density at radius 2 is 2.11 bits per heavy atom. The number of aryl methyl sites for hydroxylation is 1. The molecule has 0 aliphatic rings. The summed E-state index contributed by atoms with van der Waals surface area (Å²) in [5, 5.41) is 2.67. The number of nitrogen functional groups attached to an aromatic ring is 1. The molecule has 4 N–H and O–H groups in total. The minimum atomic E-state index is -0.318. The quantitative estimate of drug-likeness (QED) is 0.583. The lowest BCUT2D eigenvalue weighted by Crippen LogP contribution is -2.13. The van der Waals surface area contributed by atoms with Crippen LogP contribution in [0.5, 0.6) is 0 Å². The molecule has 0 aliphatic carbocycles. The van der Waals surface area contributed by atoms with Gasteiger partial charge >= 0.3 is 0 Å². The lowest BCUT2D eigenvalue weighted by molar-refractivity contribution is 0.102. The monoisotopic (exact) mass is 260 g/mol. The van der Waals surface area contributed by atoms with Crippen LogP contribution in [0.4, 0.5) is 15.9 Å². The van der Waals surface area contributed by atoms with Crippen molar-refractivity contribution in [2.45, 2.75) is 6.92 Å². The van der Waals surface area contributed by atoms with Gasteiger partial charge in [0.2, 0.25) is 0 Å². The van der Waals surface area contributed by atoms with Gasteiger partial charge in [-0.1, -0.05) is 0 Å². The number of carbonyl (C=O) groups is 1. The van der Waals surface area contributed by atoms with Crippen LogP contribution >= 0.6 is 0 Å². The van der Waals surface area contributed by atoms with E-state index >= 15 is 0 Å². The molecule has 0 unspecified atom stereocenters. The summed E-state index contributed by atoms with van der Waals surface area (Å²) in [5.74, 6) is 5.02. The van der Waals surface area contributed by atoms with Crippen LogP contribution in [0.15, 0.2) is 36.5 Å². The SMILES string of the molecule is Cc1cc(NC(=O)c2ccc(NN)nc2)ccc1F. The zero-order valence-electron chi connectivity index (χ0n) is 10.3. The maximum Gasteiger partial charge on any atom is 0.257 e. The Labute approximate surface area is 109 Å². The summed E-state index contributed by atoms with van der Waals surface area (Å²) in [7, 11) is 0. The fourth-order valence-corrected chi connectivity index (χ4v) is 1.54. The van der Waals surface area contributed by atoms with Gasteiger partial charge in [0.25, 0.3) is 5.91 Å². The standard InChI is InChI=1S/C13H13FN4O/c1-8-6-10(3-4-11(8)14)17-13(19)9-2-5-12(18-15)16-7-9/h2-7H,15H2,1H3,(H,16,18)(H,17,19). The van der Waals surface area contributed by atoms with Crippen LogP contribution in [0.2, 0.25) is 0 Å². The summed E-state index contributed by atoms with van der Waals surface area (Å²) >= 11 is 0. The third kappa shape index (κ3) is 3.05. The molecule has 2 rings (SSSR count). The maximum absolute atomic E-state index is 13.1. The number of nitrogens with zero attached hydrogens (tertiary/aromatic N) is 1. The normalized spacial score (nSPS) is 10.1. The number of pyridine rings is 1. The van der Waals surface area contributed by atoms with Gasteiger partial charge in [0.1, 0.15) is 11.6 Å². The second-order valence-corrected chi connectivity index (χ2v) is 3.99. The van der Waals surface area contributed by atoms with Crippen LogP contribution in [0, 0.1) is 12.7 Å². The minimum absolute atomic E-state index is 0.307. The fourth-order valence-electron chi connectivity index (χ4n) is 1.54. The van der Waals surface area contributed by atoms with Crippen molar-refractivity contribution in [1.82, 2.24) is 4.98 Å². The molecule has 1 amide bonds. The van der Waals surface area contributed by atoms with Gasteiger partial charge in [0.15, 0.2) is 0 Å². The highest BCUT2D eigenvalue weighted by Crippen LogP contribution is 2.15. The fraction of sp³-hybridized carbons (Fsp3) is 0.0769. The Bertz CT molecular complexity index is 598. The minimum Gasteiger partial charge on any atom is -0.322 e. The van der Waals surface area contributed by atoms with Crippen molar-refractivity contribution in [2.75, 3.05) is 10.7 Å². The molecule has 5 nitrogen and oxygen atoms in total. The number of nitrogens with two attached hydrogens (primary N) is 1. The van der Waals surface area contributed by atoms with Gasteiger partial charge in [-0.3, -0.25) is 4.79 Å². The summed E-state index contributed by atoms with van der Waals surface area (Å²) in [6.45, 7) is 1.63. The van der Waals surface area contributed by atoms with Crippen LogP contribution in [0.25, 0.3) is 0 Å². The number of hydrogen-bond donors (Lipinski definition) is 3. The second-order valence-electron chi connectivity index (χ2n) is 3.99. The van der Waals surface area contributed by atoms with E-state index in [4.69, 9.17) is 5.84 Å². The average Bonchev–Trinajstić information content (AvgIpc) is 2.43. The van der Waals surface area contributed by atoms with E-state index in [0.717, 1.165) is 0 Å². The van der Waals surface area contributed by atoms with E-state index in [1.54, 1.807) is 25.1 Å². The van der Waals surface area contributed by atoms with Crippen LogP contribution in [0.3, 0.4) is 0 Å². The Morgan fingerprint density at radius 1 is 1.32 bits per heavy atom. The van der Waals surface area contributed by atoms with E-state index in [9.17, 15) is 9.18 Å². The van der Waals surface area contributed by atoms with Gasteiger partial charge in [-0.25, -0.2) is 15.2 Å². The first-order valence-corrected chi connectivity index (χ1v) is 5.60. The first kappa shape index (κ1) is 13.0. The van der Waals surface area contributed by atoms with Gasteiger partial charge in [0, 0.05) is 11.9 Å². The predicted molar refractivity (Wildman–Crippen MR) is 71.1 cm³/mol. The van der Waals surface area contributed by atoms with E-state index in [1.165, 1.54) is 18.3 Å². The summed E-state index contributed by atoms with van der Waals surface area (Å²) in [5.41, 5.74) is 3.77. The summed E-state index contributed by atoms with van der Waals surface area (Å²) in [4.78, 5) is 15.8. The molecular weight excluding hydrogens is 247 g/mol. The Morgan fingerprint density at radius 3 is 2.68 bits per heavy atom. The van der Waals surface area contributed by atoms with Gasteiger partial charge in [0.05, 0.1) is 5.56 Å². The van der Waals surface area contributed by atoms with E-state index in [1.807, 2.05) is 0 Å². The molecule has 0 aliphatic heterocycles. The van der Waals surface area contributed by atoms with E-state index < -0.39 is 0 Å². The molecule has 1 aromatic heterocycles. The molecule has 0 atom stereocenters. The Hall–Kier alpha value is -2.47.